The highest BCUT2D eigenvalue weighted by Crippen LogP contribution is 2.45. The number of esters is 4. The lowest BCUT2D eigenvalue weighted by molar-refractivity contribution is -0.161. The molecule has 0 spiro atoms. The van der Waals surface area contributed by atoms with Gasteiger partial charge in [0.2, 0.25) is 0 Å². The van der Waals surface area contributed by atoms with Crippen LogP contribution in [0, 0.1) is 23.7 Å². The molecular weight excluding hydrogens is 1220 g/mol. The Hall–Kier alpha value is -1.94. The number of ether oxygens (including phenoxy) is 4. The number of carbonyl (C=O) groups is 4. The van der Waals surface area contributed by atoms with Gasteiger partial charge in [-0.25, -0.2) is 9.13 Å². The molecule has 5 atom stereocenters. The highest BCUT2D eigenvalue weighted by Gasteiger charge is 2.30. The van der Waals surface area contributed by atoms with Crippen molar-refractivity contribution >= 4 is 39.5 Å². The maximum atomic E-state index is 13.1. The van der Waals surface area contributed by atoms with Crippen LogP contribution >= 0.6 is 15.6 Å². The fraction of sp³-hybridized carbons (Fsp3) is 0.946. The second kappa shape index (κ2) is 63.5. The summed E-state index contributed by atoms with van der Waals surface area (Å²) in [5.74, 6) is 0.892. The van der Waals surface area contributed by atoms with Crippen molar-refractivity contribution in [1.82, 2.24) is 0 Å². The first-order valence-electron chi connectivity index (χ1n) is 38.2. The van der Waals surface area contributed by atoms with E-state index in [2.05, 4.69) is 55.4 Å². The normalized spacial score (nSPS) is 14.2. The molecule has 3 unspecified atom stereocenters. The molecule has 17 nitrogen and oxygen atoms in total. The van der Waals surface area contributed by atoms with Crippen molar-refractivity contribution in [2.75, 3.05) is 39.6 Å². The number of phosphoric acid groups is 2. The molecule has 0 aromatic carbocycles. The number of carbonyl (C=O) groups excluding carboxylic acids is 4. The zero-order valence-corrected chi connectivity index (χ0v) is 62.7. The van der Waals surface area contributed by atoms with Gasteiger partial charge in [-0.2, -0.15) is 0 Å². The van der Waals surface area contributed by atoms with E-state index in [4.69, 9.17) is 37.0 Å². The van der Waals surface area contributed by atoms with Crippen molar-refractivity contribution < 1.29 is 80.2 Å². The summed E-state index contributed by atoms with van der Waals surface area (Å²) >= 11 is 0. The highest BCUT2D eigenvalue weighted by molar-refractivity contribution is 7.47. The SMILES string of the molecule is CC(C)CCCCCCCCCCCCCCCC(=O)O[C@H](COC(=O)CCCCCCCCCCCCC(C)C)COP(=O)(O)OCC(O)COP(=O)(O)OC[C@@H](COC(=O)CCCCCCCCCC(C)C)OC(=O)CCCCCCCCCCCCCC(C)C. The van der Waals surface area contributed by atoms with E-state index < -0.39 is 97.5 Å². The number of hydrogen-bond acceptors (Lipinski definition) is 15. The average Bonchev–Trinajstić information content (AvgIpc) is 2.23. The van der Waals surface area contributed by atoms with E-state index >= 15 is 0 Å². The van der Waals surface area contributed by atoms with Gasteiger partial charge in [0.1, 0.15) is 19.3 Å². The number of phosphoric ester groups is 2. The Kier molecular flexibility index (Phi) is 62.2. The van der Waals surface area contributed by atoms with Crippen molar-refractivity contribution in [1.29, 1.82) is 0 Å². The predicted octanol–water partition coefficient (Wildman–Crippen LogP) is 21.3. The molecule has 0 amide bonds. The van der Waals surface area contributed by atoms with Gasteiger partial charge in [-0.05, 0) is 49.4 Å². The predicted molar refractivity (Wildman–Crippen MR) is 377 cm³/mol. The van der Waals surface area contributed by atoms with Crippen LogP contribution in [0.1, 0.15) is 370 Å². The molecule has 0 bridgehead atoms. The van der Waals surface area contributed by atoms with Crippen molar-refractivity contribution in [3.8, 4) is 0 Å². The molecule has 0 aliphatic carbocycles. The Bertz CT molecular complexity index is 1830. The Balaban J connectivity index is 5.26. The van der Waals surface area contributed by atoms with Crippen LogP contribution < -0.4 is 0 Å². The Morgan fingerprint density at radius 3 is 0.667 bits per heavy atom. The fourth-order valence-electron chi connectivity index (χ4n) is 11.2. The number of unbranched alkanes of at least 4 members (excludes halogenated alkanes) is 37. The molecule has 0 saturated heterocycles. The van der Waals surface area contributed by atoms with E-state index in [1.54, 1.807) is 0 Å². The molecule has 0 radical (unpaired) electrons. The van der Waals surface area contributed by atoms with E-state index in [1.807, 2.05) is 0 Å². The van der Waals surface area contributed by atoms with Gasteiger partial charge in [0.15, 0.2) is 12.2 Å². The van der Waals surface area contributed by atoms with E-state index in [1.165, 1.54) is 167 Å². The molecule has 93 heavy (non-hydrogen) atoms. The average molecular weight is 1370 g/mol. The van der Waals surface area contributed by atoms with E-state index in [-0.39, 0.29) is 25.7 Å². The maximum Gasteiger partial charge on any atom is 0.472 e. The van der Waals surface area contributed by atoms with Crippen LogP contribution in [0.5, 0.6) is 0 Å². The Morgan fingerprint density at radius 1 is 0.269 bits per heavy atom. The van der Waals surface area contributed by atoms with Crippen LogP contribution in [-0.2, 0) is 65.4 Å². The minimum absolute atomic E-state index is 0.105. The monoisotopic (exact) mass is 1370 g/mol. The van der Waals surface area contributed by atoms with Gasteiger partial charge >= 0.3 is 39.5 Å². The summed E-state index contributed by atoms with van der Waals surface area (Å²) in [6.07, 6.45) is 47.2. The van der Waals surface area contributed by atoms with Gasteiger partial charge < -0.3 is 33.8 Å². The quantitative estimate of drug-likeness (QED) is 0.0222. The summed E-state index contributed by atoms with van der Waals surface area (Å²) in [4.78, 5) is 72.7. The topological polar surface area (TPSA) is 237 Å². The van der Waals surface area contributed by atoms with Crippen LogP contribution in [0.15, 0.2) is 0 Å². The lowest BCUT2D eigenvalue weighted by atomic mass is 10.0. The molecule has 0 fully saturated rings. The Morgan fingerprint density at radius 2 is 0.452 bits per heavy atom. The summed E-state index contributed by atoms with van der Waals surface area (Å²) in [5, 5.41) is 10.6. The molecule has 19 heteroatoms. The van der Waals surface area contributed by atoms with Crippen molar-refractivity contribution in [3.63, 3.8) is 0 Å². The summed E-state index contributed by atoms with van der Waals surface area (Å²) in [5.41, 5.74) is 0. The molecule has 3 N–H and O–H groups in total. The minimum atomic E-state index is -4.96. The summed E-state index contributed by atoms with van der Waals surface area (Å²) in [7, 11) is -9.91. The van der Waals surface area contributed by atoms with Crippen LogP contribution in [0.4, 0.5) is 0 Å². The molecule has 0 aromatic rings. The first-order valence-corrected chi connectivity index (χ1v) is 41.2. The summed E-state index contributed by atoms with van der Waals surface area (Å²) in [6, 6.07) is 0. The number of hydrogen-bond donors (Lipinski definition) is 3. The van der Waals surface area contributed by atoms with Gasteiger partial charge in [0.05, 0.1) is 26.4 Å². The minimum Gasteiger partial charge on any atom is -0.462 e. The number of rotatable bonds is 71. The van der Waals surface area contributed by atoms with Crippen LogP contribution in [0.3, 0.4) is 0 Å². The zero-order chi connectivity index (χ0) is 68.9. The molecule has 0 rings (SSSR count). The second-order valence-corrected chi connectivity index (χ2v) is 31.5. The molecule has 0 aliphatic heterocycles. The number of aliphatic hydroxyl groups is 1. The second-order valence-electron chi connectivity index (χ2n) is 28.6. The number of aliphatic hydroxyl groups excluding tert-OH is 1. The molecule has 0 aromatic heterocycles. The molecule has 0 heterocycles. The van der Waals surface area contributed by atoms with Gasteiger partial charge in [-0.15, -0.1) is 0 Å². The van der Waals surface area contributed by atoms with Gasteiger partial charge in [0.25, 0.3) is 0 Å². The lowest BCUT2D eigenvalue weighted by Gasteiger charge is -2.21. The van der Waals surface area contributed by atoms with Gasteiger partial charge in [-0.3, -0.25) is 37.3 Å². The van der Waals surface area contributed by atoms with Crippen LogP contribution in [0.2, 0.25) is 0 Å². The van der Waals surface area contributed by atoms with Gasteiger partial charge in [0, 0.05) is 25.7 Å². The highest BCUT2D eigenvalue weighted by atomic mass is 31.2. The standard InChI is InChI=1S/C74H144O17P2/c1-64(2)50-42-34-26-19-13-10-9-11-15-23-31-40-48-56-73(78)90-69(60-84-71(76)54-46-38-30-22-18-17-21-28-36-44-52-66(5)6)62-88-92(80,81)86-58-68(75)59-87-93(82,83)89-63-70(61-85-72(77)55-47-39-33-25-29-37-45-53-67(7)8)91-74(79)57-49-41-32-24-16-12-14-20-27-35-43-51-65(3)4/h64-70,75H,9-63H2,1-8H3,(H,80,81)(H,82,83)/t68?,69-,70-/m1/s1. The summed E-state index contributed by atoms with van der Waals surface area (Å²) < 4.78 is 68.5. The largest absolute Gasteiger partial charge is 0.472 e. The van der Waals surface area contributed by atoms with Crippen molar-refractivity contribution in [2.45, 2.75) is 388 Å². The zero-order valence-electron chi connectivity index (χ0n) is 60.9. The first kappa shape index (κ1) is 91.1. The van der Waals surface area contributed by atoms with Crippen molar-refractivity contribution in [2.24, 2.45) is 23.7 Å². The summed E-state index contributed by atoms with van der Waals surface area (Å²) in [6.45, 7) is 14.1. The lowest BCUT2D eigenvalue weighted by Crippen LogP contribution is -2.30. The molecule has 0 saturated carbocycles. The third-order valence-corrected chi connectivity index (χ3v) is 19.0. The van der Waals surface area contributed by atoms with Crippen molar-refractivity contribution in [3.05, 3.63) is 0 Å². The molecule has 0 aliphatic rings. The first-order chi connectivity index (χ1) is 44.6. The van der Waals surface area contributed by atoms with Crippen LogP contribution in [0.25, 0.3) is 0 Å². The molecular formula is C74H144O17P2. The molecule has 552 valence electrons. The third-order valence-electron chi connectivity index (χ3n) is 17.1. The fourth-order valence-corrected chi connectivity index (χ4v) is 12.8. The van der Waals surface area contributed by atoms with E-state index in [0.29, 0.717) is 31.6 Å². The Labute approximate surface area is 568 Å². The van der Waals surface area contributed by atoms with E-state index in [9.17, 15) is 43.2 Å². The van der Waals surface area contributed by atoms with Crippen LogP contribution in [-0.4, -0.2) is 96.7 Å². The smallest absolute Gasteiger partial charge is 0.462 e. The van der Waals surface area contributed by atoms with E-state index in [0.717, 1.165) is 114 Å². The van der Waals surface area contributed by atoms with Gasteiger partial charge in [-0.1, -0.05) is 319 Å². The maximum absolute atomic E-state index is 13.1. The third kappa shape index (κ3) is 68.4.